The first kappa shape index (κ1) is 10.8. The predicted molar refractivity (Wildman–Crippen MR) is 55.5 cm³/mol. The third-order valence-corrected chi connectivity index (χ3v) is 2.06. The topological polar surface area (TPSA) is 70.5 Å². The van der Waals surface area contributed by atoms with E-state index in [-0.39, 0.29) is 6.04 Å². The Kier molecular flexibility index (Phi) is 3.73. The molecule has 1 aromatic rings. The van der Waals surface area contributed by atoms with Crippen molar-refractivity contribution in [3.8, 4) is 11.5 Å². The summed E-state index contributed by atoms with van der Waals surface area (Å²) in [7, 11) is 3.21. The lowest BCUT2D eigenvalue weighted by Gasteiger charge is -2.12. The van der Waals surface area contributed by atoms with Crippen molar-refractivity contribution in [1.29, 1.82) is 0 Å². The Labute approximate surface area is 83.8 Å². The molecule has 14 heavy (non-hydrogen) atoms. The van der Waals surface area contributed by atoms with Gasteiger partial charge >= 0.3 is 0 Å². The summed E-state index contributed by atoms with van der Waals surface area (Å²) in [6.07, 6.45) is 0. The zero-order chi connectivity index (χ0) is 10.6. The van der Waals surface area contributed by atoms with Crippen LogP contribution in [-0.4, -0.2) is 20.8 Å². The molecule has 0 spiro atoms. The van der Waals surface area contributed by atoms with Crippen LogP contribution in [0.25, 0.3) is 0 Å². The van der Waals surface area contributed by atoms with E-state index in [2.05, 4.69) is 0 Å². The third kappa shape index (κ3) is 2.37. The Morgan fingerprint density at radius 2 is 1.64 bits per heavy atom. The number of hydrogen-bond acceptors (Lipinski definition) is 4. The van der Waals surface area contributed by atoms with Crippen molar-refractivity contribution in [2.75, 3.05) is 20.8 Å². The van der Waals surface area contributed by atoms with Crippen molar-refractivity contribution in [3.63, 3.8) is 0 Å². The first-order valence-corrected chi connectivity index (χ1v) is 4.40. The van der Waals surface area contributed by atoms with Gasteiger partial charge in [0.05, 0.1) is 14.2 Å². The molecule has 0 saturated carbocycles. The molecule has 0 radical (unpaired) electrons. The average molecular weight is 196 g/mol. The smallest absolute Gasteiger partial charge is 0.122 e. The normalized spacial score (nSPS) is 12.3. The number of nitrogens with two attached hydrogens (primary N) is 2. The van der Waals surface area contributed by atoms with Crippen LogP contribution in [-0.2, 0) is 0 Å². The van der Waals surface area contributed by atoms with Crippen LogP contribution in [0.1, 0.15) is 11.6 Å². The van der Waals surface area contributed by atoms with Gasteiger partial charge < -0.3 is 20.9 Å². The van der Waals surface area contributed by atoms with Crippen LogP contribution in [0.4, 0.5) is 0 Å². The fraction of sp³-hybridized carbons (Fsp3) is 0.400. The molecular weight excluding hydrogens is 180 g/mol. The minimum Gasteiger partial charge on any atom is -0.497 e. The minimum atomic E-state index is -0.181. The van der Waals surface area contributed by atoms with Gasteiger partial charge in [-0.3, -0.25) is 0 Å². The third-order valence-electron chi connectivity index (χ3n) is 2.06. The number of hydrogen-bond donors (Lipinski definition) is 2. The Bertz CT molecular complexity index is 280. The zero-order valence-electron chi connectivity index (χ0n) is 8.49. The summed E-state index contributed by atoms with van der Waals surface area (Å²) in [6, 6.07) is 5.34. The van der Waals surface area contributed by atoms with E-state index in [0.717, 1.165) is 17.1 Å². The molecule has 0 aromatic heterocycles. The molecule has 0 fully saturated rings. The molecule has 0 saturated heterocycles. The molecule has 1 aromatic carbocycles. The predicted octanol–water partition coefficient (Wildman–Crippen LogP) is 0.662. The largest absolute Gasteiger partial charge is 0.497 e. The Morgan fingerprint density at radius 1 is 1.14 bits per heavy atom. The molecule has 0 heterocycles. The second-order valence-electron chi connectivity index (χ2n) is 2.99. The van der Waals surface area contributed by atoms with Crippen LogP contribution in [0.3, 0.4) is 0 Å². The summed E-state index contributed by atoms with van der Waals surface area (Å²) in [6.45, 7) is 0.399. The molecule has 1 atom stereocenters. The molecule has 4 nitrogen and oxygen atoms in total. The maximum absolute atomic E-state index is 5.81. The van der Waals surface area contributed by atoms with Gasteiger partial charge in [0.15, 0.2) is 0 Å². The molecule has 0 unspecified atom stereocenters. The number of ether oxygens (including phenoxy) is 2. The Hall–Kier alpha value is -1.26. The van der Waals surface area contributed by atoms with E-state index in [1.807, 2.05) is 12.1 Å². The van der Waals surface area contributed by atoms with Crippen molar-refractivity contribution in [1.82, 2.24) is 0 Å². The highest BCUT2D eigenvalue weighted by molar-refractivity contribution is 5.39. The minimum absolute atomic E-state index is 0.181. The van der Waals surface area contributed by atoms with E-state index in [1.54, 1.807) is 20.3 Å². The first-order valence-electron chi connectivity index (χ1n) is 4.40. The van der Waals surface area contributed by atoms with Gasteiger partial charge in [0.25, 0.3) is 0 Å². The average Bonchev–Trinajstić information content (AvgIpc) is 2.27. The van der Waals surface area contributed by atoms with E-state index >= 15 is 0 Å². The van der Waals surface area contributed by atoms with Gasteiger partial charge in [-0.15, -0.1) is 0 Å². The molecule has 0 bridgehead atoms. The van der Waals surface area contributed by atoms with Crippen molar-refractivity contribution < 1.29 is 9.47 Å². The van der Waals surface area contributed by atoms with Gasteiger partial charge in [0.1, 0.15) is 11.5 Å². The van der Waals surface area contributed by atoms with E-state index in [0.29, 0.717) is 6.54 Å². The van der Waals surface area contributed by atoms with E-state index < -0.39 is 0 Å². The lowest BCUT2D eigenvalue weighted by Crippen LogP contribution is -2.20. The molecule has 4 N–H and O–H groups in total. The summed E-state index contributed by atoms with van der Waals surface area (Å²) in [4.78, 5) is 0. The number of benzene rings is 1. The van der Waals surface area contributed by atoms with Gasteiger partial charge in [-0.2, -0.15) is 0 Å². The molecule has 4 heteroatoms. The number of rotatable bonds is 4. The van der Waals surface area contributed by atoms with Gasteiger partial charge in [0, 0.05) is 18.7 Å². The molecule has 78 valence electrons. The van der Waals surface area contributed by atoms with Crippen LogP contribution < -0.4 is 20.9 Å². The van der Waals surface area contributed by atoms with Crippen molar-refractivity contribution in [2.24, 2.45) is 11.5 Å². The molecule has 0 aliphatic carbocycles. The molecular formula is C10H16N2O2. The number of methoxy groups -OCH3 is 2. The monoisotopic (exact) mass is 196 g/mol. The molecule has 0 aliphatic rings. The second kappa shape index (κ2) is 4.83. The van der Waals surface area contributed by atoms with Gasteiger partial charge in [0.2, 0.25) is 0 Å². The van der Waals surface area contributed by atoms with Crippen LogP contribution in [0, 0.1) is 0 Å². The standard InChI is InChI=1S/C10H16N2O2/c1-13-8-3-7(10(12)6-11)4-9(5-8)14-2/h3-5,10H,6,11-12H2,1-2H3/t10-/m0/s1. The van der Waals surface area contributed by atoms with Crippen LogP contribution >= 0.6 is 0 Å². The first-order chi connectivity index (χ1) is 6.71. The van der Waals surface area contributed by atoms with Crippen LogP contribution in [0.15, 0.2) is 18.2 Å². The fourth-order valence-electron chi connectivity index (χ4n) is 1.18. The van der Waals surface area contributed by atoms with Crippen molar-refractivity contribution >= 4 is 0 Å². The second-order valence-corrected chi connectivity index (χ2v) is 2.99. The Morgan fingerprint density at radius 3 is 2.00 bits per heavy atom. The SMILES string of the molecule is COc1cc(OC)cc([C@@H](N)CN)c1. The van der Waals surface area contributed by atoms with Gasteiger partial charge in [-0.05, 0) is 17.7 Å². The Balaban J connectivity index is 3.04. The van der Waals surface area contributed by atoms with E-state index in [4.69, 9.17) is 20.9 Å². The highest BCUT2D eigenvalue weighted by atomic mass is 16.5. The lowest BCUT2D eigenvalue weighted by atomic mass is 10.1. The van der Waals surface area contributed by atoms with Gasteiger partial charge in [-0.1, -0.05) is 0 Å². The fourth-order valence-corrected chi connectivity index (χ4v) is 1.18. The van der Waals surface area contributed by atoms with Crippen LogP contribution in [0.5, 0.6) is 11.5 Å². The summed E-state index contributed by atoms with van der Waals surface area (Å²) in [5.41, 5.74) is 12.2. The molecule has 0 amide bonds. The maximum Gasteiger partial charge on any atom is 0.122 e. The maximum atomic E-state index is 5.81. The molecule has 0 aliphatic heterocycles. The summed E-state index contributed by atoms with van der Waals surface area (Å²) >= 11 is 0. The highest BCUT2D eigenvalue weighted by Crippen LogP contribution is 2.24. The summed E-state index contributed by atoms with van der Waals surface area (Å²) in [5, 5.41) is 0. The highest BCUT2D eigenvalue weighted by Gasteiger charge is 2.07. The van der Waals surface area contributed by atoms with Crippen molar-refractivity contribution in [3.05, 3.63) is 23.8 Å². The van der Waals surface area contributed by atoms with E-state index in [1.165, 1.54) is 0 Å². The van der Waals surface area contributed by atoms with Gasteiger partial charge in [-0.25, -0.2) is 0 Å². The summed E-state index contributed by atoms with van der Waals surface area (Å²) in [5.74, 6) is 1.45. The van der Waals surface area contributed by atoms with Crippen LogP contribution in [0.2, 0.25) is 0 Å². The zero-order valence-corrected chi connectivity index (χ0v) is 8.49. The quantitative estimate of drug-likeness (QED) is 0.742. The molecule has 1 rings (SSSR count). The van der Waals surface area contributed by atoms with Crippen molar-refractivity contribution in [2.45, 2.75) is 6.04 Å². The summed E-state index contributed by atoms with van der Waals surface area (Å²) < 4.78 is 10.2. The van der Waals surface area contributed by atoms with E-state index in [9.17, 15) is 0 Å². The lowest BCUT2D eigenvalue weighted by molar-refractivity contribution is 0.392.